The molecule has 2 atom stereocenters. The van der Waals surface area contributed by atoms with Gasteiger partial charge in [0.05, 0.1) is 6.17 Å². The first-order chi connectivity index (χ1) is 6.40. The lowest BCUT2D eigenvalue weighted by atomic mass is 9.79. The molecule has 1 aliphatic carbocycles. The van der Waals surface area contributed by atoms with Crippen molar-refractivity contribution in [3.05, 3.63) is 0 Å². The Morgan fingerprint density at radius 2 is 2.15 bits per heavy atom. The molecule has 0 aromatic carbocycles. The lowest BCUT2D eigenvalue weighted by molar-refractivity contribution is 0.139. The summed E-state index contributed by atoms with van der Waals surface area (Å²) in [6, 6.07) is 0. The molecule has 2 rings (SSSR count). The van der Waals surface area contributed by atoms with Crippen molar-refractivity contribution in [3.8, 4) is 0 Å². The van der Waals surface area contributed by atoms with E-state index in [4.69, 9.17) is 0 Å². The van der Waals surface area contributed by atoms with Crippen molar-refractivity contribution in [1.29, 1.82) is 0 Å². The average molecular weight is 183 g/mol. The Morgan fingerprint density at radius 3 is 2.77 bits per heavy atom. The summed E-state index contributed by atoms with van der Waals surface area (Å²) in [5, 5.41) is 10.2. The van der Waals surface area contributed by atoms with Crippen LogP contribution in [0.2, 0.25) is 0 Å². The standard InChI is InChI=1S/C10H21N3/c1-11-6-8-3-2-4-9(5-8)10-12-7-13-10/h8-13H,2-7H2,1H3/t8-,9-/m0/s1. The van der Waals surface area contributed by atoms with Crippen molar-refractivity contribution in [2.75, 3.05) is 20.3 Å². The highest BCUT2D eigenvalue weighted by molar-refractivity contribution is 4.85. The molecular weight excluding hydrogens is 162 g/mol. The van der Waals surface area contributed by atoms with Crippen molar-refractivity contribution < 1.29 is 0 Å². The van der Waals surface area contributed by atoms with Gasteiger partial charge in [-0.3, -0.25) is 10.6 Å². The van der Waals surface area contributed by atoms with E-state index in [9.17, 15) is 0 Å². The number of hydrogen-bond acceptors (Lipinski definition) is 3. The van der Waals surface area contributed by atoms with E-state index in [1.54, 1.807) is 0 Å². The monoisotopic (exact) mass is 183 g/mol. The zero-order chi connectivity index (χ0) is 9.10. The fourth-order valence-corrected chi connectivity index (χ4v) is 2.66. The van der Waals surface area contributed by atoms with Gasteiger partial charge in [-0.15, -0.1) is 0 Å². The third-order valence-corrected chi connectivity index (χ3v) is 3.43. The van der Waals surface area contributed by atoms with Crippen LogP contribution in [0.5, 0.6) is 0 Å². The zero-order valence-electron chi connectivity index (χ0n) is 8.47. The Bertz CT molecular complexity index is 154. The molecule has 0 unspecified atom stereocenters. The lowest BCUT2D eigenvalue weighted by Gasteiger charge is -2.40. The number of rotatable bonds is 3. The minimum Gasteiger partial charge on any atom is -0.319 e. The summed E-state index contributed by atoms with van der Waals surface area (Å²) < 4.78 is 0. The van der Waals surface area contributed by atoms with Gasteiger partial charge >= 0.3 is 0 Å². The predicted octanol–water partition coefficient (Wildman–Crippen LogP) is 0.489. The van der Waals surface area contributed by atoms with Crippen molar-refractivity contribution in [1.82, 2.24) is 16.0 Å². The summed E-state index contributed by atoms with van der Waals surface area (Å²) in [6.07, 6.45) is 6.26. The molecule has 0 bridgehead atoms. The molecule has 1 heterocycles. The van der Waals surface area contributed by atoms with Gasteiger partial charge in [-0.05, 0) is 44.7 Å². The van der Waals surface area contributed by atoms with E-state index in [-0.39, 0.29) is 0 Å². The van der Waals surface area contributed by atoms with E-state index in [2.05, 4.69) is 23.0 Å². The third-order valence-electron chi connectivity index (χ3n) is 3.43. The normalized spacial score (nSPS) is 35.8. The van der Waals surface area contributed by atoms with Gasteiger partial charge < -0.3 is 5.32 Å². The van der Waals surface area contributed by atoms with Crippen LogP contribution >= 0.6 is 0 Å². The molecule has 76 valence electrons. The molecule has 0 aromatic rings. The fourth-order valence-electron chi connectivity index (χ4n) is 2.66. The molecule has 1 saturated heterocycles. The number of nitrogens with one attached hydrogen (secondary N) is 3. The molecule has 2 aliphatic rings. The van der Waals surface area contributed by atoms with Crippen LogP contribution in [-0.2, 0) is 0 Å². The van der Waals surface area contributed by atoms with E-state index in [0.717, 1.165) is 18.5 Å². The van der Waals surface area contributed by atoms with Gasteiger partial charge in [0.15, 0.2) is 0 Å². The van der Waals surface area contributed by atoms with Crippen LogP contribution in [0.4, 0.5) is 0 Å². The largest absolute Gasteiger partial charge is 0.319 e. The van der Waals surface area contributed by atoms with Crippen molar-refractivity contribution >= 4 is 0 Å². The van der Waals surface area contributed by atoms with Crippen LogP contribution in [0.25, 0.3) is 0 Å². The van der Waals surface area contributed by atoms with Crippen LogP contribution in [0.1, 0.15) is 25.7 Å². The Hall–Kier alpha value is -0.120. The minimum atomic E-state index is 0.625. The average Bonchev–Trinajstić information content (AvgIpc) is 2.02. The van der Waals surface area contributed by atoms with Crippen LogP contribution in [0.3, 0.4) is 0 Å². The SMILES string of the molecule is CNC[C@H]1CCC[C@H](C2NCN2)C1. The van der Waals surface area contributed by atoms with Crippen LogP contribution < -0.4 is 16.0 Å². The number of hydrogen-bond donors (Lipinski definition) is 3. The molecule has 0 aromatic heterocycles. The summed E-state index contributed by atoms with van der Waals surface area (Å²) in [5.41, 5.74) is 0. The summed E-state index contributed by atoms with van der Waals surface area (Å²) in [7, 11) is 2.06. The van der Waals surface area contributed by atoms with Crippen molar-refractivity contribution in [3.63, 3.8) is 0 Å². The maximum absolute atomic E-state index is 3.45. The maximum Gasteiger partial charge on any atom is 0.0620 e. The van der Waals surface area contributed by atoms with Gasteiger partial charge in [-0.1, -0.05) is 6.42 Å². The fraction of sp³-hybridized carbons (Fsp3) is 1.00. The molecule has 1 saturated carbocycles. The highest BCUT2D eigenvalue weighted by Gasteiger charge is 2.30. The van der Waals surface area contributed by atoms with E-state index in [1.165, 1.54) is 32.2 Å². The predicted molar refractivity (Wildman–Crippen MR) is 54.3 cm³/mol. The lowest BCUT2D eigenvalue weighted by Crippen LogP contribution is -2.63. The molecule has 3 N–H and O–H groups in total. The molecular formula is C10H21N3. The van der Waals surface area contributed by atoms with E-state index in [1.807, 2.05) is 0 Å². The zero-order valence-corrected chi connectivity index (χ0v) is 8.47. The molecule has 13 heavy (non-hydrogen) atoms. The molecule has 1 aliphatic heterocycles. The van der Waals surface area contributed by atoms with Crippen LogP contribution in [-0.4, -0.2) is 26.4 Å². The smallest absolute Gasteiger partial charge is 0.0620 e. The molecule has 3 nitrogen and oxygen atoms in total. The minimum absolute atomic E-state index is 0.625. The molecule has 3 heteroatoms. The third kappa shape index (κ3) is 2.22. The summed E-state index contributed by atoms with van der Waals surface area (Å²) in [5.74, 6) is 1.79. The van der Waals surface area contributed by atoms with Gasteiger partial charge in [-0.25, -0.2) is 0 Å². The molecule has 0 amide bonds. The summed E-state index contributed by atoms with van der Waals surface area (Å²) in [4.78, 5) is 0. The van der Waals surface area contributed by atoms with Gasteiger partial charge in [0, 0.05) is 6.67 Å². The molecule has 0 radical (unpaired) electrons. The van der Waals surface area contributed by atoms with Crippen molar-refractivity contribution in [2.45, 2.75) is 31.8 Å². The van der Waals surface area contributed by atoms with Gasteiger partial charge in [-0.2, -0.15) is 0 Å². The maximum atomic E-state index is 3.45. The first kappa shape index (κ1) is 9.44. The Balaban J connectivity index is 1.77. The van der Waals surface area contributed by atoms with E-state index in [0.29, 0.717) is 6.17 Å². The Morgan fingerprint density at radius 1 is 1.31 bits per heavy atom. The Labute approximate surface area is 80.7 Å². The Kier molecular flexibility index (Phi) is 3.19. The van der Waals surface area contributed by atoms with Crippen LogP contribution in [0, 0.1) is 11.8 Å². The molecule has 0 spiro atoms. The van der Waals surface area contributed by atoms with Gasteiger partial charge in [0.25, 0.3) is 0 Å². The second-order valence-electron chi connectivity index (χ2n) is 4.41. The quantitative estimate of drug-likeness (QED) is 0.596. The highest BCUT2D eigenvalue weighted by Crippen LogP contribution is 2.30. The highest BCUT2D eigenvalue weighted by atomic mass is 15.3. The van der Waals surface area contributed by atoms with Gasteiger partial charge in [0.2, 0.25) is 0 Å². The molecule has 2 fully saturated rings. The van der Waals surface area contributed by atoms with Crippen molar-refractivity contribution in [2.24, 2.45) is 11.8 Å². The van der Waals surface area contributed by atoms with E-state index < -0.39 is 0 Å². The second-order valence-corrected chi connectivity index (χ2v) is 4.41. The topological polar surface area (TPSA) is 36.1 Å². The van der Waals surface area contributed by atoms with Gasteiger partial charge in [0.1, 0.15) is 0 Å². The summed E-state index contributed by atoms with van der Waals surface area (Å²) >= 11 is 0. The first-order valence-electron chi connectivity index (χ1n) is 5.51. The first-order valence-corrected chi connectivity index (χ1v) is 5.51. The van der Waals surface area contributed by atoms with Crippen LogP contribution in [0.15, 0.2) is 0 Å². The second kappa shape index (κ2) is 4.40. The van der Waals surface area contributed by atoms with E-state index >= 15 is 0 Å². The summed E-state index contributed by atoms with van der Waals surface area (Å²) in [6.45, 7) is 2.21.